The SMILES string of the molecule is CC(C)(O)c1ccc(-c2cccc(N(CCCCCN)C(=O)[C@H]3C[C@](O)(C(F)(F)F)C3)c2)cc1. The zero-order valence-corrected chi connectivity index (χ0v) is 19.6. The van der Waals surface area contributed by atoms with Crippen LogP contribution in [0.4, 0.5) is 18.9 Å². The third kappa shape index (κ3) is 5.79. The summed E-state index contributed by atoms with van der Waals surface area (Å²) in [6.07, 6.45) is -3.71. The number of hydrogen-bond donors (Lipinski definition) is 3. The first-order valence-corrected chi connectivity index (χ1v) is 11.6. The summed E-state index contributed by atoms with van der Waals surface area (Å²) in [5.74, 6) is -1.29. The number of hydrogen-bond acceptors (Lipinski definition) is 4. The molecule has 4 N–H and O–H groups in total. The van der Waals surface area contributed by atoms with Gasteiger partial charge in [-0.1, -0.05) is 42.8 Å². The van der Waals surface area contributed by atoms with E-state index in [2.05, 4.69) is 0 Å². The Morgan fingerprint density at radius 1 is 1.06 bits per heavy atom. The lowest BCUT2D eigenvalue weighted by Crippen LogP contribution is -2.59. The quantitative estimate of drug-likeness (QED) is 0.454. The normalized spacial score (nSPS) is 20.6. The van der Waals surface area contributed by atoms with Gasteiger partial charge in [0.25, 0.3) is 0 Å². The molecule has 5 nitrogen and oxygen atoms in total. The second-order valence-corrected chi connectivity index (χ2v) is 9.66. The van der Waals surface area contributed by atoms with Crippen LogP contribution in [0.1, 0.15) is 51.5 Å². The van der Waals surface area contributed by atoms with Crippen LogP contribution in [0.5, 0.6) is 0 Å². The smallest absolute Gasteiger partial charge is 0.386 e. The predicted molar refractivity (Wildman–Crippen MR) is 126 cm³/mol. The molecule has 2 aromatic rings. The first-order chi connectivity index (χ1) is 15.9. The maximum Gasteiger partial charge on any atom is 0.417 e. The van der Waals surface area contributed by atoms with Crippen molar-refractivity contribution in [3.05, 3.63) is 54.1 Å². The average Bonchev–Trinajstić information content (AvgIpc) is 2.75. The zero-order valence-electron chi connectivity index (χ0n) is 19.6. The van der Waals surface area contributed by atoms with Crippen LogP contribution in [0.2, 0.25) is 0 Å². The number of nitrogens with zero attached hydrogens (tertiary/aromatic N) is 1. The number of carbonyl (C=O) groups excluding carboxylic acids is 1. The fourth-order valence-electron chi connectivity index (χ4n) is 4.26. The van der Waals surface area contributed by atoms with Crippen molar-refractivity contribution in [2.45, 2.75) is 63.3 Å². The molecule has 0 unspecified atom stereocenters. The molecule has 1 amide bonds. The lowest BCUT2D eigenvalue weighted by molar-refractivity contribution is -0.295. The van der Waals surface area contributed by atoms with Crippen molar-refractivity contribution >= 4 is 11.6 Å². The second kappa shape index (κ2) is 10.1. The molecule has 0 atom stereocenters. The number of unbranched alkanes of at least 4 members (excludes halogenated alkanes) is 2. The molecule has 0 spiro atoms. The molecule has 3 rings (SSSR count). The summed E-state index contributed by atoms with van der Waals surface area (Å²) in [6, 6.07) is 14.8. The van der Waals surface area contributed by atoms with Gasteiger partial charge in [0, 0.05) is 18.2 Å². The molecule has 0 bridgehead atoms. The van der Waals surface area contributed by atoms with Gasteiger partial charge >= 0.3 is 6.18 Å². The number of nitrogens with two attached hydrogens (primary N) is 1. The van der Waals surface area contributed by atoms with E-state index in [1.165, 1.54) is 4.90 Å². The minimum Gasteiger partial charge on any atom is -0.386 e. The van der Waals surface area contributed by atoms with Gasteiger partial charge in [0.15, 0.2) is 5.60 Å². The average molecular weight is 479 g/mol. The third-order valence-corrected chi connectivity index (χ3v) is 6.48. The van der Waals surface area contributed by atoms with Crippen molar-refractivity contribution in [3.63, 3.8) is 0 Å². The second-order valence-electron chi connectivity index (χ2n) is 9.66. The fourth-order valence-corrected chi connectivity index (χ4v) is 4.26. The van der Waals surface area contributed by atoms with E-state index in [-0.39, 0.29) is 0 Å². The molecule has 0 radical (unpaired) electrons. The zero-order chi connectivity index (χ0) is 25.1. The molecular weight excluding hydrogens is 445 g/mol. The van der Waals surface area contributed by atoms with Gasteiger partial charge in [0.05, 0.1) is 5.60 Å². The standard InChI is InChI=1S/C26H33F3N2O3/c1-24(2,33)21-11-9-18(10-12-21)19-7-6-8-22(15-19)31(14-5-3-4-13-30)23(32)20-16-25(34,17-20)26(27,28)29/h6-12,15,20,33-34H,3-5,13-14,16-17,30H2,1-2H3/t20-,25+. The number of halogens is 3. The van der Waals surface area contributed by atoms with Gasteiger partial charge in [-0.05, 0) is 74.9 Å². The number of aliphatic hydroxyl groups is 2. The number of rotatable bonds is 9. The Bertz CT molecular complexity index is 978. The molecule has 0 aliphatic heterocycles. The van der Waals surface area contributed by atoms with Gasteiger partial charge in [-0.3, -0.25) is 4.79 Å². The van der Waals surface area contributed by atoms with Gasteiger partial charge in [-0.2, -0.15) is 13.2 Å². The Labute approximate surface area is 198 Å². The van der Waals surface area contributed by atoms with Crippen molar-refractivity contribution in [2.75, 3.05) is 18.0 Å². The summed E-state index contributed by atoms with van der Waals surface area (Å²) in [6.45, 7) is 4.31. The largest absolute Gasteiger partial charge is 0.417 e. The molecule has 34 heavy (non-hydrogen) atoms. The van der Waals surface area contributed by atoms with Crippen LogP contribution < -0.4 is 10.6 Å². The van der Waals surface area contributed by atoms with E-state index in [4.69, 9.17) is 5.73 Å². The molecular formula is C26H33F3N2O3. The summed E-state index contributed by atoms with van der Waals surface area (Å²) in [7, 11) is 0. The lowest BCUT2D eigenvalue weighted by Gasteiger charge is -2.45. The van der Waals surface area contributed by atoms with Crippen LogP contribution in [-0.2, 0) is 10.4 Å². The van der Waals surface area contributed by atoms with Crippen LogP contribution >= 0.6 is 0 Å². The van der Waals surface area contributed by atoms with Gasteiger partial charge in [-0.15, -0.1) is 0 Å². The molecule has 1 aliphatic rings. The predicted octanol–water partition coefficient (Wildman–Crippen LogP) is 4.75. The lowest BCUT2D eigenvalue weighted by atomic mass is 9.69. The number of anilines is 1. The minimum absolute atomic E-state index is 0.362. The minimum atomic E-state index is -4.75. The molecule has 186 valence electrons. The highest BCUT2D eigenvalue weighted by molar-refractivity contribution is 5.96. The highest BCUT2D eigenvalue weighted by Gasteiger charge is 2.63. The Kier molecular flexibility index (Phi) is 7.75. The fraction of sp³-hybridized carbons (Fsp3) is 0.500. The molecule has 0 heterocycles. The first kappa shape index (κ1) is 26.2. The van der Waals surface area contributed by atoms with E-state index in [1.54, 1.807) is 19.9 Å². The van der Waals surface area contributed by atoms with Crippen LogP contribution in [0.3, 0.4) is 0 Å². The van der Waals surface area contributed by atoms with E-state index >= 15 is 0 Å². The van der Waals surface area contributed by atoms with Crippen molar-refractivity contribution in [3.8, 4) is 11.1 Å². The summed E-state index contributed by atoms with van der Waals surface area (Å²) < 4.78 is 39.2. The van der Waals surface area contributed by atoms with E-state index in [0.717, 1.165) is 29.5 Å². The number of benzene rings is 2. The van der Waals surface area contributed by atoms with Crippen LogP contribution in [0, 0.1) is 5.92 Å². The maximum absolute atomic E-state index is 13.2. The molecule has 1 fully saturated rings. The highest BCUT2D eigenvalue weighted by Crippen LogP contribution is 2.49. The van der Waals surface area contributed by atoms with Crippen molar-refractivity contribution in [2.24, 2.45) is 11.7 Å². The molecule has 0 aromatic heterocycles. The van der Waals surface area contributed by atoms with E-state index < -0.39 is 42.0 Å². The van der Waals surface area contributed by atoms with E-state index in [0.29, 0.717) is 25.2 Å². The van der Waals surface area contributed by atoms with Gasteiger partial charge in [0.2, 0.25) is 5.91 Å². The van der Waals surface area contributed by atoms with Crippen LogP contribution in [-0.4, -0.2) is 41.0 Å². The number of carbonyl (C=O) groups is 1. The Hall–Kier alpha value is -2.42. The summed E-state index contributed by atoms with van der Waals surface area (Å²) in [5.41, 5.74) is 4.91. The van der Waals surface area contributed by atoms with Gasteiger partial charge < -0.3 is 20.8 Å². The van der Waals surface area contributed by atoms with Crippen LogP contribution in [0.25, 0.3) is 11.1 Å². The Morgan fingerprint density at radius 2 is 1.71 bits per heavy atom. The van der Waals surface area contributed by atoms with Gasteiger partial charge in [0.1, 0.15) is 0 Å². The molecule has 2 aromatic carbocycles. The maximum atomic E-state index is 13.2. The van der Waals surface area contributed by atoms with Crippen molar-refractivity contribution in [1.29, 1.82) is 0 Å². The van der Waals surface area contributed by atoms with Crippen molar-refractivity contribution < 1.29 is 28.2 Å². The molecule has 8 heteroatoms. The highest BCUT2D eigenvalue weighted by atomic mass is 19.4. The Balaban J connectivity index is 1.83. The third-order valence-electron chi connectivity index (χ3n) is 6.48. The number of amides is 1. The summed E-state index contributed by atoms with van der Waals surface area (Å²) in [4.78, 5) is 14.7. The molecule has 1 saturated carbocycles. The number of alkyl halides is 3. The van der Waals surface area contributed by atoms with Gasteiger partial charge in [-0.25, -0.2) is 0 Å². The summed E-state index contributed by atoms with van der Waals surface area (Å²) >= 11 is 0. The summed E-state index contributed by atoms with van der Waals surface area (Å²) in [5, 5.41) is 20.0. The van der Waals surface area contributed by atoms with E-state index in [1.807, 2.05) is 42.5 Å². The first-order valence-electron chi connectivity index (χ1n) is 11.6. The monoisotopic (exact) mass is 478 g/mol. The topological polar surface area (TPSA) is 86.8 Å². The molecule has 1 aliphatic carbocycles. The van der Waals surface area contributed by atoms with Crippen LogP contribution in [0.15, 0.2) is 48.5 Å². The van der Waals surface area contributed by atoms with E-state index in [9.17, 15) is 28.2 Å². The van der Waals surface area contributed by atoms with Crippen molar-refractivity contribution in [1.82, 2.24) is 0 Å². The Morgan fingerprint density at radius 3 is 2.26 bits per heavy atom. The molecule has 0 saturated heterocycles.